The number of hydrogen-bond donors (Lipinski definition) is 0. The topological polar surface area (TPSA) is 15.6 Å². The molecule has 2 aliphatic rings. The van der Waals surface area contributed by atoms with Gasteiger partial charge in [0.05, 0.1) is 12.2 Å². The Morgan fingerprint density at radius 1 is 1.40 bits per heavy atom. The van der Waals surface area contributed by atoms with Crippen molar-refractivity contribution in [1.82, 2.24) is 4.90 Å². The van der Waals surface area contributed by atoms with Crippen molar-refractivity contribution >= 4 is 44.0 Å². The molecular weight excluding hydrogens is 284 g/mol. The summed E-state index contributed by atoms with van der Waals surface area (Å²) in [4.78, 5) is 8.14. The molecule has 0 aliphatic carbocycles. The van der Waals surface area contributed by atoms with E-state index in [0.29, 0.717) is 0 Å². The first-order valence-electron chi connectivity index (χ1n) is 6.63. The van der Waals surface area contributed by atoms with Crippen LogP contribution in [0, 0.1) is 6.92 Å². The molecule has 0 saturated carbocycles. The molecule has 20 heavy (non-hydrogen) atoms. The first kappa shape index (κ1) is 12.2. The number of rotatable bonds is 2. The van der Waals surface area contributed by atoms with Crippen molar-refractivity contribution in [3.63, 3.8) is 0 Å². The number of fused-ring (bicyclic) bond motifs is 2. The fraction of sp³-hybridized carbons (Fsp3) is 0.188. The normalized spacial score (nSPS) is 17.9. The summed E-state index contributed by atoms with van der Waals surface area (Å²) in [5, 5.41) is 4.72. The lowest BCUT2D eigenvalue weighted by molar-refractivity contribution is 0.649. The quantitative estimate of drug-likeness (QED) is 0.812. The highest BCUT2D eigenvalue weighted by molar-refractivity contribution is 8.17. The van der Waals surface area contributed by atoms with Crippen molar-refractivity contribution in [2.75, 3.05) is 13.1 Å². The zero-order valence-corrected chi connectivity index (χ0v) is 12.9. The molecule has 0 bridgehead atoms. The van der Waals surface area contributed by atoms with E-state index < -0.39 is 0 Å². The van der Waals surface area contributed by atoms with Gasteiger partial charge in [0.2, 0.25) is 0 Å². The van der Waals surface area contributed by atoms with Crippen LogP contribution in [0.1, 0.15) is 11.1 Å². The number of amidine groups is 1. The fourth-order valence-electron chi connectivity index (χ4n) is 2.79. The van der Waals surface area contributed by atoms with Crippen LogP contribution in [0.4, 0.5) is 0 Å². The summed E-state index contributed by atoms with van der Waals surface area (Å²) >= 11 is 3.57. The van der Waals surface area contributed by atoms with E-state index in [1.807, 2.05) is 17.4 Å². The third kappa shape index (κ3) is 1.61. The van der Waals surface area contributed by atoms with Gasteiger partial charge in [-0.25, -0.2) is 0 Å². The van der Waals surface area contributed by atoms with Crippen LogP contribution in [0.25, 0.3) is 15.8 Å². The Morgan fingerprint density at radius 2 is 2.30 bits per heavy atom. The molecule has 4 rings (SSSR count). The summed E-state index contributed by atoms with van der Waals surface area (Å²) in [5.41, 5.74) is 3.96. The zero-order chi connectivity index (χ0) is 13.7. The summed E-state index contributed by atoms with van der Waals surface area (Å²) in [6.45, 7) is 8.03. The number of allylic oxidation sites excluding steroid dienone is 1. The van der Waals surface area contributed by atoms with Crippen molar-refractivity contribution in [3.05, 3.63) is 52.3 Å². The van der Waals surface area contributed by atoms with E-state index in [2.05, 4.69) is 47.0 Å². The smallest absolute Gasteiger partial charge is 0.168 e. The van der Waals surface area contributed by atoms with Gasteiger partial charge in [-0.1, -0.05) is 30.9 Å². The molecule has 1 aromatic carbocycles. The van der Waals surface area contributed by atoms with Gasteiger partial charge in [0.1, 0.15) is 0 Å². The molecule has 0 atom stereocenters. The Morgan fingerprint density at radius 3 is 3.15 bits per heavy atom. The first-order valence-corrected chi connectivity index (χ1v) is 8.33. The highest BCUT2D eigenvalue weighted by atomic mass is 32.2. The zero-order valence-electron chi connectivity index (χ0n) is 11.2. The molecule has 0 saturated heterocycles. The maximum atomic E-state index is 4.58. The summed E-state index contributed by atoms with van der Waals surface area (Å²) in [5.74, 6) is 0. The highest BCUT2D eigenvalue weighted by Gasteiger charge is 2.32. The summed E-state index contributed by atoms with van der Waals surface area (Å²) < 4.78 is 1.37. The lowest BCUT2D eigenvalue weighted by Crippen LogP contribution is -2.20. The average Bonchev–Trinajstić information content (AvgIpc) is 3.13. The predicted molar refractivity (Wildman–Crippen MR) is 90.3 cm³/mol. The lowest BCUT2D eigenvalue weighted by Gasteiger charge is -2.17. The van der Waals surface area contributed by atoms with Crippen molar-refractivity contribution in [2.24, 2.45) is 4.99 Å². The van der Waals surface area contributed by atoms with E-state index in [9.17, 15) is 0 Å². The van der Waals surface area contributed by atoms with Gasteiger partial charge in [0, 0.05) is 21.7 Å². The molecule has 0 spiro atoms. The third-order valence-corrected chi connectivity index (χ3v) is 6.00. The molecule has 3 heterocycles. The Balaban J connectivity index is 1.98. The Kier molecular flexibility index (Phi) is 2.75. The minimum absolute atomic E-state index is 0.899. The van der Waals surface area contributed by atoms with Gasteiger partial charge in [-0.05, 0) is 35.0 Å². The maximum Gasteiger partial charge on any atom is 0.168 e. The summed E-state index contributed by atoms with van der Waals surface area (Å²) in [7, 11) is 0. The van der Waals surface area contributed by atoms with E-state index in [-0.39, 0.29) is 0 Å². The first-order chi connectivity index (χ1) is 9.79. The predicted octanol–water partition coefficient (Wildman–Crippen LogP) is 4.48. The molecule has 2 nitrogen and oxygen atoms in total. The van der Waals surface area contributed by atoms with Gasteiger partial charge < -0.3 is 4.90 Å². The molecular formula is C16H14N2S2. The van der Waals surface area contributed by atoms with Gasteiger partial charge >= 0.3 is 0 Å². The van der Waals surface area contributed by atoms with Gasteiger partial charge in [-0.2, -0.15) is 0 Å². The van der Waals surface area contributed by atoms with E-state index in [0.717, 1.165) is 18.3 Å². The molecule has 0 fully saturated rings. The number of benzene rings is 1. The number of hydrogen-bond acceptors (Lipinski definition) is 4. The Labute approximate surface area is 126 Å². The summed E-state index contributed by atoms with van der Waals surface area (Å²) in [6, 6.07) is 6.58. The standard InChI is InChI=1S/C16H14N2S2/c1-3-13-14(18-8-7-17-16(18)20-13)12-6-4-5-11-10(2)9-19-15(11)12/h3-6,9H,1,7-8H2,2H3. The van der Waals surface area contributed by atoms with Crippen LogP contribution in [0.2, 0.25) is 0 Å². The van der Waals surface area contributed by atoms with Gasteiger partial charge in [0.15, 0.2) is 5.17 Å². The number of nitrogens with zero attached hydrogens (tertiary/aromatic N) is 2. The van der Waals surface area contributed by atoms with Crippen LogP contribution >= 0.6 is 23.1 Å². The number of aryl methyl sites for hydroxylation is 1. The molecule has 0 N–H and O–H groups in total. The number of thiophene rings is 1. The second-order valence-electron chi connectivity index (χ2n) is 4.94. The summed E-state index contributed by atoms with van der Waals surface area (Å²) in [6.07, 6.45) is 1.96. The molecule has 0 unspecified atom stereocenters. The lowest BCUT2D eigenvalue weighted by atomic mass is 10.1. The molecule has 4 heteroatoms. The molecule has 0 amide bonds. The fourth-order valence-corrected chi connectivity index (χ4v) is 4.90. The maximum absolute atomic E-state index is 4.58. The molecule has 0 radical (unpaired) electrons. The van der Waals surface area contributed by atoms with Crippen LogP contribution in [-0.4, -0.2) is 23.2 Å². The highest BCUT2D eigenvalue weighted by Crippen LogP contribution is 2.45. The average molecular weight is 298 g/mol. The van der Waals surface area contributed by atoms with Crippen LogP contribution < -0.4 is 0 Å². The van der Waals surface area contributed by atoms with Crippen LogP contribution in [0.15, 0.2) is 46.1 Å². The monoisotopic (exact) mass is 298 g/mol. The van der Waals surface area contributed by atoms with E-state index in [1.165, 1.54) is 31.8 Å². The largest absolute Gasteiger partial charge is 0.317 e. The Hall–Kier alpha value is -1.52. The molecule has 2 aliphatic heterocycles. The third-order valence-electron chi connectivity index (χ3n) is 3.74. The van der Waals surface area contributed by atoms with Crippen LogP contribution in [0.3, 0.4) is 0 Å². The van der Waals surface area contributed by atoms with Gasteiger partial charge in [0.25, 0.3) is 0 Å². The SMILES string of the molecule is C=CC1=C(c2cccc3c(C)csc23)N2CCN=C2S1. The van der Waals surface area contributed by atoms with Gasteiger partial charge in [-0.3, -0.25) is 4.99 Å². The second kappa shape index (κ2) is 4.50. The number of aliphatic imine (C=N–C) groups is 1. The van der Waals surface area contributed by atoms with Gasteiger partial charge in [-0.15, -0.1) is 11.3 Å². The molecule has 2 aromatic rings. The molecule has 100 valence electrons. The van der Waals surface area contributed by atoms with Crippen molar-refractivity contribution in [1.29, 1.82) is 0 Å². The van der Waals surface area contributed by atoms with Crippen molar-refractivity contribution in [2.45, 2.75) is 6.92 Å². The van der Waals surface area contributed by atoms with Crippen LogP contribution in [-0.2, 0) is 0 Å². The van der Waals surface area contributed by atoms with Crippen LogP contribution in [0.5, 0.6) is 0 Å². The minimum Gasteiger partial charge on any atom is -0.317 e. The Bertz CT molecular complexity index is 783. The van der Waals surface area contributed by atoms with Crippen molar-refractivity contribution in [3.8, 4) is 0 Å². The molecule has 1 aromatic heterocycles. The second-order valence-corrected chi connectivity index (χ2v) is 6.82. The van der Waals surface area contributed by atoms with E-state index >= 15 is 0 Å². The minimum atomic E-state index is 0.899. The van der Waals surface area contributed by atoms with E-state index in [4.69, 9.17) is 0 Å². The number of thioether (sulfide) groups is 1. The van der Waals surface area contributed by atoms with E-state index in [1.54, 1.807) is 11.8 Å². The van der Waals surface area contributed by atoms with Crippen molar-refractivity contribution < 1.29 is 0 Å².